The number of nitrogens with zero attached hydrogens (tertiary/aromatic N) is 5. The predicted molar refractivity (Wildman–Crippen MR) is 79.6 cm³/mol. The lowest BCUT2D eigenvalue weighted by Crippen LogP contribution is -2.44. The average Bonchev–Trinajstić information content (AvgIpc) is 2.95. The van der Waals surface area contributed by atoms with E-state index >= 15 is 0 Å². The Morgan fingerprint density at radius 1 is 1.29 bits per heavy atom. The number of methoxy groups -OCH3 is 1. The van der Waals surface area contributed by atoms with Crippen molar-refractivity contribution in [2.45, 2.75) is 12.5 Å². The second kappa shape index (κ2) is 6.12. The fraction of sp³-hybridized carbons (Fsp3) is 0.667. The highest BCUT2D eigenvalue weighted by Crippen LogP contribution is 2.28. The molecule has 2 heterocycles. The number of hydrogen-bond acceptors (Lipinski definition) is 6. The SMILES string of the molecule is COc1nccnc1N1CCC(N(C)S(=O)(=O)N(C)C)C1. The van der Waals surface area contributed by atoms with Gasteiger partial charge in [0.05, 0.1) is 7.11 Å². The van der Waals surface area contributed by atoms with E-state index in [1.165, 1.54) is 22.7 Å². The molecule has 1 aliphatic heterocycles. The molecule has 0 aromatic carbocycles. The Kier molecular flexibility index (Phi) is 4.64. The summed E-state index contributed by atoms with van der Waals surface area (Å²) in [6.07, 6.45) is 3.91. The maximum Gasteiger partial charge on any atom is 0.281 e. The standard InChI is InChI=1S/C12H21N5O3S/c1-15(2)21(18,19)16(3)10-5-8-17(9-10)11-12(20-4)14-7-6-13-11/h6-7,10H,5,8-9H2,1-4H3. The summed E-state index contributed by atoms with van der Waals surface area (Å²) >= 11 is 0. The van der Waals surface area contributed by atoms with Gasteiger partial charge in [-0.15, -0.1) is 0 Å². The molecule has 1 aliphatic rings. The fourth-order valence-electron chi connectivity index (χ4n) is 2.36. The van der Waals surface area contributed by atoms with Gasteiger partial charge in [0, 0.05) is 52.7 Å². The van der Waals surface area contributed by atoms with E-state index in [0.717, 1.165) is 6.42 Å². The molecule has 1 atom stereocenters. The van der Waals surface area contributed by atoms with E-state index in [2.05, 4.69) is 9.97 Å². The number of ether oxygens (including phenoxy) is 1. The number of rotatable bonds is 5. The van der Waals surface area contributed by atoms with Crippen LogP contribution in [0.2, 0.25) is 0 Å². The van der Waals surface area contributed by atoms with Crippen molar-refractivity contribution in [3.8, 4) is 5.88 Å². The molecule has 0 amide bonds. The highest BCUT2D eigenvalue weighted by Gasteiger charge is 2.34. The number of likely N-dealkylation sites (N-methyl/N-ethyl adjacent to an activating group) is 1. The molecular weight excluding hydrogens is 294 g/mol. The lowest BCUT2D eigenvalue weighted by atomic mass is 10.3. The maximum absolute atomic E-state index is 12.2. The van der Waals surface area contributed by atoms with Crippen LogP contribution in [-0.2, 0) is 10.2 Å². The van der Waals surface area contributed by atoms with E-state index in [0.29, 0.717) is 24.8 Å². The summed E-state index contributed by atoms with van der Waals surface area (Å²) in [5.74, 6) is 1.11. The van der Waals surface area contributed by atoms with E-state index in [1.54, 1.807) is 26.6 Å². The number of hydrogen-bond donors (Lipinski definition) is 0. The largest absolute Gasteiger partial charge is 0.478 e. The molecule has 21 heavy (non-hydrogen) atoms. The van der Waals surface area contributed by atoms with Gasteiger partial charge < -0.3 is 9.64 Å². The molecule has 118 valence electrons. The molecule has 0 aliphatic carbocycles. The van der Waals surface area contributed by atoms with Crippen molar-refractivity contribution in [1.29, 1.82) is 0 Å². The summed E-state index contributed by atoms with van der Waals surface area (Å²) in [5.41, 5.74) is 0. The first kappa shape index (κ1) is 15.9. The van der Waals surface area contributed by atoms with Crippen molar-refractivity contribution >= 4 is 16.0 Å². The monoisotopic (exact) mass is 315 g/mol. The van der Waals surface area contributed by atoms with Crippen LogP contribution < -0.4 is 9.64 Å². The molecule has 8 nitrogen and oxygen atoms in total. The Bertz CT molecular complexity index is 592. The van der Waals surface area contributed by atoms with E-state index in [9.17, 15) is 8.42 Å². The molecule has 2 rings (SSSR count). The molecule has 1 aromatic heterocycles. The van der Waals surface area contributed by atoms with Crippen molar-refractivity contribution in [1.82, 2.24) is 18.6 Å². The zero-order valence-electron chi connectivity index (χ0n) is 12.7. The van der Waals surface area contributed by atoms with Crippen molar-refractivity contribution in [2.24, 2.45) is 0 Å². The first-order valence-corrected chi connectivity index (χ1v) is 8.03. The fourth-order valence-corrected chi connectivity index (χ4v) is 3.42. The third-order valence-corrected chi connectivity index (χ3v) is 5.59. The van der Waals surface area contributed by atoms with E-state index in [4.69, 9.17) is 4.74 Å². The van der Waals surface area contributed by atoms with Gasteiger partial charge in [0.15, 0.2) is 5.82 Å². The highest BCUT2D eigenvalue weighted by molar-refractivity contribution is 7.86. The second-order valence-corrected chi connectivity index (χ2v) is 7.29. The van der Waals surface area contributed by atoms with Gasteiger partial charge in [0.2, 0.25) is 0 Å². The summed E-state index contributed by atoms with van der Waals surface area (Å²) in [6, 6.07) is -0.0934. The van der Waals surface area contributed by atoms with Crippen LogP contribution in [0.15, 0.2) is 12.4 Å². The van der Waals surface area contributed by atoms with Gasteiger partial charge in [-0.25, -0.2) is 9.97 Å². The van der Waals surface area contributed by atoms with Crippen molar-refractivity contribution in [3.63, 3.8) is 0 Å². The quantitative estimate of drug-likeness (QED) is 0.749. The van der Waals surface area contributed by atoms with Crippen LogP contribution in [0.3, 0.4) is 0 Å². The normalized spacial score (nSPS) is 19.5. The lowest BCUT2D eigenvalue weighted by Gasteiger charge is -2.27. The third-order valence-electron chi connectivity index (χ3n) is 3.64. The van der Waals surface area contributed by atoms with Crippen LogP contribution in [0.4, 0.5) is 5.82 Å². The smallest absolute Gasteiger partial charge is 0.281 e. The van der Waals surface area contributed by atoms with Crippen molar-refractivity contribution in [2.75, 3.05) is 46.2 Å². The van der Waals surface area contributed by atoms with Crippen LogP contribution in [0.1, 0.15) is 6.42 Å². The Labute approximate surface area is 125 Å². The molecule has 0 spiro atoms. The van der Waals surface area contributed by atoms with E-state index in [-0.39, 0.29) is 6.04 Å². The van der Waals surface area contributed by atoms with Crippen LogP contribution >= 0.6 is 0 Å². The zero-order chi connectivity index (χ0) is 15.6. The Morgan fingerprint density at radius 2 is 1.95 bits per heavy atom. The zero-order valence-corrected chi connectivity index (χ0v) is 13.5. The first-order valence-electron chi connectivity index (χ1n) is 6.63. The number of aromatic nitrogens is 2. The summed E-state index contributed by atoms with van der Waals surface area (Å²) in [7, 11) is 2.81. The average molecular weight is 315 g/mol. The molecule has 1 fully saturated rings. The lowest BCUT2D eigenvalue weighted by molar-refractivity contribution is 0.358. The van der Waals surface area contributed by atoms with Gasteiger partial charge in [0.25, 0.3) is 16.1 Å². The van der Waals surface area contributed by atoms with Gasteiger partial charge in [-0.05, 0) is 6.42 Å². The minimum absolute atomic E-state index is 0.0934. The minimum atomic E-state index is -3.41. The van der Waals surface area contributed by atoms with E-state index < -0.39 is 10.2 Å². The summed E-state index contributed by atoms with van der Waals surface area (Å²) in [6.45, 7) is 1.28. The Balaban J connectivity index is 2.14. The van der Waals surface area contributed by atoms with Gasteiger partial charge in [-0.2, -0.15) is 17.0 Å². The molecule has 0 bridgehead atoms. The van der Waals surface area contributed by atoms with Crippen LogP contribution in [-0.4, -0.2) is 74.4 Å². The summed E-state index contributed by atoms with van der Waals surface area (Å²) in [4.78, 5) is 10.4. The predicted octanol–water partition coefficient (Wildman–Crippen LogP) is -0.198. The van der Waals surface area contributed by atoms with Crippen LogP contribution in [0.5, 0.6) is 5.88 Å². The van der Waals surface area contributed by atoms with Gasteiger partial charge >= 0.3 is 0 Å². The number of anilines is 1. The molecule has 9 heteroatoms. The Hall–Kier alpha value is -1.45. The van der Waals surface area contributed by atoms with Gasteiger partial charge in [-0.3, -0.25) is 0 Å². The third kappa shape index (κ3) is 3.09. The van der Waals surface area contributed by atoms with Gasteiger partial charge in [0.1, 0.15) is 0 Å². The molecule has 0 saturated carbocycles. The van der Waals surface area contributed by atoms with Crippen LogP contribution in [0.25, 0.3) is 0 Å². The molecule has 1 unspecified atom stereocenters. The van der Waals surface area contributed by atoms with E-state index in [1.807, 2.05) is 4.90 Å². The first-order chi connectivity index (χ1) is 9.87. The van der Waals surface area contributed by atoms with Crippen molar-refractivity contribution in [3.05, 3.63) is 12.4 Å². The Morgan fingerprint density at radius 3 is 2.57 bits per heavy atom. The molecule has 1 saturated heterocycles. The van der Waals surface area contributed by atoms with Gasteiger partial charge in [-0.1, -0.05) is 0 Å². The topological polar surface area (TPSA) is 78.9 Å². The summed E-state index contributed by atoms with van der Waals surface area (Å²) < 4.78 is 32.2. The molecule has 0 N–H and O–H groups in total. The highest BCUT2D eigenvalue weighted by atomic mass is 32.2. The summed E-state index contributed by atoms with van der Waals surface area (Å²) in [5, 5.41) is 0. The van der Waals surface area contributed by atoms with Crippen molar-refractivity contribution < 1.29 is 13.2 Å². The maximum atomic E-state index is 12.2. The molecular formula is C12H21N5O3S. The van der Waals surface area contributed by atoms with Crippen LogP contribution in [0, 0.1) is 0 Å². The molecule has 0 radical (unpaired) electrons. The molecule has 1 aromatic rings. The minimum Gasteiger partial charge on any atom is -0.478 e. The second-order valence-electron chi connectivity index (χ2n) is 5.08.